The first-order valence-electron chi connectivity index (χ1n) is 9.01. The number of esters is 1. The first kappa shape index (κ1) is 19.4. The van der Waals surface area contributed by atoms with Gasteiger partial charge in [0.2, 0.25) is 0 Å². The lowest BCUT2D eigenvalue weighted by molar-refractivity contribution is -0.146. The number of carbonyl (C=O) groups is 3. The van der Waals surface area contributed by atoms with Crippen LogP contribution >= 0.6 is 0 Å². The minimum atomic E-state index is -0.519. The van der Waals surface area contributed by atoms with Crippen LogP contribution in [0.5, 0.6) is 0 Å². The second kappa shape index (κ2) is 8.52. The molecule has 0 fully saturated rings. The summed E-state index contributed by atoms with van der Waals surface area (Å²) in [6.45, 7) is 3.11. The first-order chi connectivity index (χ1) is 13.5. The molecule has 0 aliphatic carbocycles. The van der Waals surface area contributed by atoms with Gasteiger partial charge in [0.15, 0.2) is 12.4 Å². The van der Waals surface area contributed by atoms with Crippen molar-refractivity contribution in [3.63, 3.8) is 0 Å². The normalized spacial score (nSPS) is 10.6. The van der Waals surface area contributed by atoms with Crippen LogP contribution in [-0.4, -0.2) is 24.3 Å². The molecule has 0 radical (unpaired) electrons. The molecule has 0 atom stereocenters. The third-order valence-corrected chi connectivity index (χ3v) is 4.38. The van der Waals surface area contributed by atoms with Crippen molar-refractivity contribution in [3.05, 3.63) is 65.4 Å². The van der Waals surface area contributed by atoms with Gasteiger partial charge in [-0.25, -0.2) is 0 Å². The summed E-state index contributed by atoms with van der Waals surface area (Å²) in [5.41, 5.74) is 3.57. The summed E-state index contributed by atoms with van der Waals surface area (Å²) in [6, 6.07) is 12.4. The number of anilines is 1. The van der Waals surface area contributed by atoms with Crippen LogP contribution < -0.4 is 5.32 Å². The molecule has 0 saturated carbocycles. The highest BCUT2D eigenvalue weighted by Crippen LogP contribution is 2.23. The maximum absolute atomic E-state index is 12.1. The lowest BCUT2D eigenvalue weighted by atomic mass is 10.1. The van der Waals surface area contributed by atoms with Crippen molar-refractivity contribution >= 4 is 34.3 Å². The smallest absolute Gasteiger partial charge is 0.310 e. The quantitative estimate of drug-likeness (QED) is 0.497. The fourth-order valence-corrected chi connectivity index (χ4v) is 2.85. The van der Waals surface area contributed by atoms with Crippen LogP contribution in [0.25, 0.3) is 11.0 Å². The summed E-state index contributed by atoms with van der Waals surface area (Å²) < 4.78 is 10.6. The second-order valence-electron chi connectivity index (χ2n) is 6.47. The summed E-state index contributed by atoms with van der Waals surface area (Å²) in [5, 5.41) is 3.47. The van der Waals surface area contributed by atoms with Gasteiger partial charge in [-0.15, -0.1) is 0 Å². The molecule has 0 aliphatic heterocycles. The van der Waals surface area contributed by atoms with Crippen molar-refractivity contribution in [3.8, 4) is 0 Å². The number of amides is 1. The molecule has 1 aromatic heterocycles. The molecule has 1 amide bonds. The molecule has 28 heavy (non-hydrogen) atoms. The molecule has 0 aliphatic rings. The summed E-state index contributed by atoms with van der Waals surface area (Å²) in [5.74, 6) is -1.09. The number of furan rings is 1. The van der Waals surface area contributed by atoms with E-state index in [0.717, 1.165) is 28.5 Å². The zero-order valence-corrected chi connectivity index (χ0v) is 15.8. The van der Waals surface area contributed by atoms with E-state index >= 15 is 0 Å². The largest absolute Gasteiger partial charge is 0.464 e. The Balaban J connectivity index is 1.55. The Hall–Kier alpha value is -3.41. The Kier molecular flexibility index (Phi) is 5.89. The zero-order chi connectivity index (χ0) is 20.1. The van der Waals surface area contributed by atoms with Crippen LogP contribution in [0.3, 0.4) is 0 Å². The molecular weight excluding hydrogens is 358 g/mol. The summed E-state index contributed by atoms with van der Waals surface area (Å²) in [6.07, 6.45) is 2.46. The van der Waals surface area contributed by atoms with Gasteiger partial charge in [-0.2, -0.15) is 0 Å². The molecule has 6 nitrogen and oxygen atoms in total. The topological polar surface area (TPSA) is 85.6 Å². The maximum atomic E-state index is 12.1. The number of aryl methyl sites for hydroxylation is 1. The van der Waals surface area contributed by atoms with E-state index in [4.69, 9.17) is 9.15 Å². The van der Waals surface area contributed by atoms with Crippen molar-refractivity contribution in [1.82, 2.24) is 0 Å². The fourth-order valence-electron chi connectivity index (χ4n) is 2.85. The van der Waals surface area contributed by atoms with E-state index in [1.165, 1.54) is 6.92 Å². The van der Waals surface area contributed by atoms with Gasteiger partial charge in [-0.1, -0.05) is 31.2 Å². The molecule has 1 N–H and O–H groups in total. The predicted octanol–water partition coefficient (Wildman–Crippen LogP) is 3.92. The van der Waals surface area contributed by atoms with Crippen LogP contribution in [0.4, 0.5) is 5.69 Å². The standard InChI is InChI=1S/C22H21NO5/c1-3-15-7-8-19-17(12-27-20(19)9-15)11-22(26)28-13-21(25)23-18-6-4-5-16(10-18)14(2)24/h4-10,12H,3,11,13H2,1-2H3,(H,23,25). The van der Waals surface area contributed by atoms with Gasteiger partial charge >= 0.3 is 5.97 Å². The van der Waals surface area contributed by atoms with Gasteiger partial charge in [-0.05, 0) is 37.1 Å². The predicted molar refractivity (Wildman–Crippen MR) is 105 cm³/mol. The number of Topliss-reactive ketones (excluding diaryl/α,β-unsaturated/α-hetero) is 1. The molecule has 144 valence electrons. The number of hydrogen-bond donors (Lipinski definition) is 1. The Morgan fingerprint density at radius 3 is 2.68 bits per heavy atom. The van der Waals surface area contributed by atoms with Crippen LogP contribution in [0, 0.1) is 0 Å². The van der Waals surface area contributed by atoms with Gasteiger partial charge in [0, 0.05) is 22.2 Å². The van der Waals surface area contributed by atoms with Gasteiger partial charge in [0.25, 0.3) is 5.91 Å². The van der Waals surface area contributed by atoms with Crippen molar-refractivity contribution in [1.29, 1.82) is 0 Å². The monoisotopic (exact) mass is 379 g/mol. The molecule has 0 bridgehead atoms. The molecule has 1 heterocycles. The molecule has 6 heteroatoms. The average molecular weight is 379 g/mol. The molecule has 3 aromatic rings. The Bertz CT molecular complexity index is 1030. The Morgan fingerprint density at radius 2 is 1.93 bits per heavy atom. The number of benzene rings is 2. The van der Waals surface area contributed by atoms with Crippen molar-refractivity contribution in [2.45, 2.75) is 26.7 Å². The third kappa shape index (κ3) is 4.65. The van der Waals surface area contributed by atoms with E-state index in [2.05, 4.69) is 12.2 Å². The van der Waals surface area contributed by atoms with Crippen molar-refractivity contribution in [2.75, 3.05) is 11.9 Å². The maximum Gasteiger partial charge on any atom is 0.310 e. The van der Waals surface area contributed by atoms with Crippen molar-refractivity contribution in [2.24, 2.45) is 0 Å². The van der Waals surface area contributed by atoms with Gasteiger partial charge < -0.3 is 14.5 Å². The van der Waals surface area contributed by atoms with Gasteiger partial charge in [-0.3, -0.25) is 14.4 Å². The van der Waals surface area contributed by atoms with E-state index in [1.807, 2.05) is 18.2 Å². The Morgan fingerprint density at radius 1 is 1.11 bits per heavy atom. The van der Waals surface area contributed by atoms with E-state index in [0.29, 0.717) is 11.3 Å². The molecular formula is C22H21NO5. The van der Waals surface area contributed by atoms with Crippen LogP contribution in [0.15, 0.2) is 53.1 Å². The second-order valence-corrected chi connectivity index (χ2v) is 6.47. The third-order valence-electron chi connectivity index (χ3n) is 4.38. The number of hydrogen-bond acceptors (Lipinski definition) is 5. The molecule has 0 spiro atoms. The SMILES string of the molecule is CCc1ccc2c(CC(=O)OCC(=O)Nc3cccc(C(C)=O)c3)coc2c1. The average Bonchev–Trinajstić information content (AvgIpc) is 3.08. The van der Waals surface area contributed by atoms with Crippen LogP contribution in [0.1, 0.15) is 35.3 Å². The summed E-state index contributed by atoms with van der Waals surface area (Å²) >= 11 is 0. The number of rotatable bonds is 7. The zero-order valence-electron chi connectivity index (χ0n) is 15.8. The Labute approximate surface area is 162 Å². The molecule has 3 rings (SSSR count). The lowest BCUT2D eigenvalue weighted by Gasteiger charge is -2.07. The fraction of sp³-hybridized carbons (Fsp3) is 0.227. The number of fused-ring (bicyclic) bond motifs is 1. The van der Waals surface area contributed by atoms with Crippen LogP contribution in [-0.2, 0) is 27.2 Å². The number of ether oxygens (including phenoxy) is 1. The first-order valence-corrected chi connectivity index (χ1v) is 9.01. The van der Waals surface area contributed by atoms with Gasteiger partial charge in [0.05, 0.1) is 12.7 Å². The lowest BCUT2D eigenvalue weighted by Crippen LogP contribution is -2.21. The highest BCUT2D eigenvalue weighted by molar-refractivity contribution is 5.97. The highest BCUT2D eigenvalue weighted by Gasteiger charge is 2.14. The number of carbonyl (C=O) groups excluding carboxylic acids is 3. The van der Waals surface area contributed by atoms with Crippen LogP contribution in [0.2, 0.25) is 0 Å². The minimum absolute atomic E-state index is 0.0194. The molecule has 0 unspecified atom stereocenters. The van der Waals surface area contributed by atoms with E-state index in [1.54, 1.807) is 30.5 Å². The minimum Gasteiger partial charge on any atom is -0.464 e. The van der Waals surface area contributed by atoms with E-state index in [-0.39, 0.29) is 12.2 Å². The van der Waals surface area contributed by atoms with Gasteiger partial charge in [0.1, 0.15) is 5.58 Å². The molecule has 2 aromatic carbocycles. The summed E-state index contributed by atoms with van der Waals surface area (Å²) in [7, 11) is 0. The number of nitrogens with one attached hydrogen (secondary N) is 1. The summed E-state index contributed by atoms with van der Waals surface area (Å²) in [4.78, 5) is 35.5. The van der Waals surface area contributed by atoms with E-state index < -0.39 is 18.5 Å². The van der Waals surface area contributed by atoms with E-state index in [9.17, 15) is 14.4 Å². The molecule has 0 saturated heterocycles. The van der Waals surface area contributed by atoms with Crippen molar-refractivity contribution < 1.29 is 23.5 Å². The highest BCUT2D eigenvalue weighted by atomic mass is 16.5. The number of ketones is 1.